The Labute approximate surface area is 158 Å². The lowest BCUT2D eigenvalue weighted by molar-refractivity contribution is 0.0944. The van der Waals surface area contributed by atoms with E-state index in [0.29, 0.717) is 18.1 Å². The largest absolute Gasteiger partial charge is 0.493 e. The number of sulfonamides is 1. The number of rotatable bonds is 7. The van der Waals surface area contributed by atoms with Crippen LogP contribution in [0.1, 0.15) is 34.8 Å². The highest BCUT2D eigenvalue weighted by molar-refractivity contribution is 7.89. The molecule has 0 radical (unpaired) electrons. The Morgan fingerprint density at radius 3 is 2.59 bits per heavy atom. The van der Waals surface area contributed by atoms with E-state index in [1.807, 2.05) is 13.0 Å². The number of ether oxygens (including phenoxy) is 2. The molecule has 0 saturated heterocycles. The van der Waals surface area contributed by atoms with E-state index in [-0.39, 0.29) is 10.5 Å². The molecule has 0 atom stereocenters. The Bertz CT molecular complexity index is 957. The molecular formula is C19H22N2O5S. The van der Waals surface area contributed by atoms with Crippen LogP contribution in [0.5, 0.6) is 11.5 Å². The fraction of sp³-hybridized carbons (Fsp3) is 0.316. The first kappa shape index (κ1) is 19.2. The lowest BCUT2D eigenvalue weighted by Crippen LogP contribution is -2.41. The maximum absolute atomic E-state index is 12.5. The maximum atomic E-state index is 12.5. The van der Waals surface area contributed by atoms with Gasteiger partial charge in [0.1, 0.15) is 0 Å². The first-order valence-corrected chi connectivity index (χ1v) is 10.2. The maximum Gasteiger partial charge on any atom is 0.266 e. The van der Waals surface area contributed by atoms with Crippen LogP contribution in [0.25, 0.3) is 0 Å². The molecule has 3 rings (SSSR count). The van der Waals surface area contributed by atoms with E-state index >= 15 is 0 Å². The van der Waals surface area contributed by atoms with E-state index in [4.69, 9.17) is 9.47 Å². The molecule has 27 heavy (non-hydrogen) atoms. The minimum absolute atomic E-state index is 0.132. The first-order valence-electron chi connectivity index (χ1n) is 8.69. The number of nitrogens with one attached hydrogen (secondary N) is 2. The van der Waals surface area contributed by atoms with Gasteiger partial charge in [0.05, 0.1) is 18.6 Å². The summed E-state index contributed by atoms with van der Waals surface area (Å²) >= 11 is 0. The van der Waals surface area contributed by atoms with Gasteiger partial charge in [-0.15, -0.1) is 4.83 Å². The van der Waals surface area contributed by atoms with Crippen molar-refractivity contribution >= 4 is 15.9 Å². The zero-order valence-corrected chi connectivity index (χ0v) is 16.1. The van der Waals surface area contributed by atoms with Crippen LogP contribution in [-0.4, -0.2) is 28.0 Å². The summed E-state index contributed by atoms with van der Waals surface area (Å²) < 4.78 is 35.5. The number of amides is 1. The van der Waals surface area contributed by atoms with E-state index in [1.54, 1.807) is 18.2 Å². The minimum Gasteiger partial charge on any atom is -0.493 e. The normalized spacial score (nSPS) is 13.1. The Kier molecular flexibility index (Phi) is 5.67. The van der Waals surface area contributed by atoms with Crippen molar-refractivity contribution in [3.63, 3.8) is 0 Å². The van der Waals surface area contributed by atoms with Crippen LogP contribution in [0, 0.1) is 0 Å². The van der Waals surface area contributed by atoms with Crippen molar-refractivity contribution in [3.05, 3.63) is 53.1 Å². The molecule has 2 N–H and O–H groups in total. The number of carbonyl (C=O) groups is 1. The van der Waals surface area contributed by atoms with Gasteiger partial charge in [0.2, 0.25) is 0 Å². The summed E-state index contributed by atoms with van der Waals surface area (Å²) in [5.41, 5.74) is 4.70. The highest BCUT2D eigenvalue weighted by Gasteiger charge is 2.20. The fourth-order valence-corrected chi connectivity index (χ4v) is 3.93. The fourth-order valence-electron chi connectivity index (χ4n) is 3.04. The molecule has 0 saturated carbocycles. The van der Waals surface area contributed by atoms with Crippen molar-refractivity contribution in [2.45, 2.75) is 31.1 Å². The number of fused-ring (bicyclic) bond motifs is 1. The lowest BCUT2D eigenvalue weighted by atomic mass is 10.1. The number of methoxy groups -OCH3 is 1. The SMILES string of the molecule is CCOc1ccc(C(=O)NNS(=O)(=O)c2ccc3c(c2)CCC3)cc1OC. The van der Waals surface area contributed by atoms with Crippen LogP contribution < -0.4 is 19.7 Å². The van der Waals surface area contributed by atoms with Gasteiger partial charge in [-0.3, -0.25) is 10.2 Å². The van der Waals surface area contributed by atoms with Crippen molar-refractivity contribution in [1.82, 2.24) is 10.3 Å². The van der Waals surface area contributed by atoms with Gasteiger partial charge in [0.25, 0.3) is 15.9 Å². The van der Waals surface area contributed by atoms with Crippen LogP contribution in [0.3, 0.4) is 0 Å². The van der Waals surface area contributed by atoms with Crippen molar-refractivity contribution in [3.8, 4) is 11.5 Å². The topological polar surface area (TPSA) is 93.7 Å². The molecule has 2 aromatic carbocycles. The summed E-state index contributed by atoms with van der Waals surface area (Å²) in [5.74, 6) is 0.308. The molecule has 0 heterocycles. The third kappa shape index (κ3) is 4.23. The van der Waals surface area contributed by atoms with Gasteiger partial charge in [0, 0.05) is 5.56 Å². The standard InChI is InChI=1S/C19H22N2O5S/c1-3-26-17-10-8-15(12-18(17)25-2)19(22)20-21-27(23,24)16-9-7-13-5-4-6-14(13)11-16/h7-12,21H,3-6H2,1-2H3,(H,20,22). The summed E-state index contributed by atoms with van der Waals surface area (Å²) in [6, 6.07) is 9.67. The molecule has 8 heteroatoms. The average Bonchev–Trinajstić information content (AvgIpc) is 3.14. The van der Waals surface area contributed by atoms with Gasteiger partial charge in [0.15, 0.2) is 11.5 Å². The van der Waals surface area contributed by atoms with E-state index in [9.17, 15) is 13.2 Å². The summed E-state index contributed by atoms with van der Waals surface area (Å²) in [6.45, 7) is 2.30. The second-order valence-corrected chi connectivity index (χ2v) is 7.82. The third-order valence-corrected chi connectivity index (χ3v) is 5.65. The minimum atomic E-state index is -3.86. The van der Waals surface area contributed by atoms with Gasteiger partial charge in [-0.25, -0.2) is 8.42 Å². The number of hydrogen-bond acceptors (Lipinski definition) is 5. The molecule has 1 amide bonds. The number of aryl methyl sites for hydroxylation is 2. The highest BCUT2D eigenvalue weighted by Crippen LogP contribution is 2.28. The molecule has 2 aromatic rings. The molecule has 1 aliphatic rings. The summed E-state index contributed by atoms with van der Waals surface area (Å²) in [5, 5.41) is 0. The Balaban J connectivity index is 1.71. The summed E-state index contributed by atoms with van der Waals surface area (Å²) in [6.07, 6.45) is 2.87. The van der Waals surface area contributed by atoms with Gasteiger partial charge >= 0.3 is 0 Å². The summed E-state index contributed by atoms with van der Waals surface area (Å²) in [7, 11) is -2.39. The zero-order valence-electron chi connectivity index (χ0n) is 15.2. The van der Waals surface area contributed by atoms with Crippen molar-refractivity contribution in [2.75, 3.05) is 13.7 Å². The Morgan fingerprint density at radius 2 is 1.85 bits per heavy atom. The van der Waals surface area contributed by atoms with Crippen molar-refractivity contribution in [1.29, 1.82) is 0 Å². The van der Waals surface area contributed by atoms with E-state index in [1.165, 1.54) is 24.8 Å². The predicted octanol–water partition coefficient (Wildman–Crippen LogP) is 2.21. The van der Waals surface area contributed by atoms with Gasteiger partial charge in [-0.05, 0) is 67.6 Å². The number of hydrazine groups is 1. The lowest BCUT2D eigenvalue weighted by Gasteiger charge is -2.12. The van der Waals surface area contributed by atoms with Crippen molar-refractivity contribution < 1.29 is 22.7 Å². The molecule has 0 bridgehead atoms. The van der Waals surface area contributed by atoms with Crippen molar-refractivity contribution in [2.24, 2.45) is 0 Å². The predicted molar refractivity (Wildman–Crippen MR) is 100 cm³/mol. The Hall–Kier alpha value is -2.58. The second-order valence-electron chi connectivity index (χ2n) is 6.14. The molecule has 0 fully saturated rings. The second kappa shape index (κ2) is 7.98. The zero-order chi connectivity index (χ0) is 19.4. The van der Waals surface area contributed by atoms with Crippen LogP contribution in [0.4, 0.5) is 0 Å². The van der Waals surface area contributed by atoms with E-state index in [2.05, 4.69) is 10.3 Å². The van der Waals surface area contributed by atoms with Crippen LogP contribution in [0.2, 0.25) is 0 Å². The molecule has 0 unspecified atom stereocenters. The van der Waals surface area contributed by atoms with Gasteiger partial charge in [-0.1, -0.05) is 6.07 Å². The quantitative estimate of drug-likeness (QED) is 0.707. The molecule has 0 spiro atoms. The monoisotopic (exact) mass is 390 g/mol. The van der Waals surface area contributed by atoms with Gasteiger partial charge < -0.3 is 9.47 Å². The first-order chi connectivity index (χ1) is 12.9. The molecular weight excluding hydrogens is 368 g/mol. The third-order valence-electron chi connectivity index (χ3n) is 4.40. The van der Waals surface area contributed by atoms with Crippen LogP contribution in [0.15, 0.2) is 41.3 Å². The number of hydrogen-bond donors (Lipinski definition) is 2. The average molecular weight is 390 g/mol. The molecule has 144 valence electrons. The molecule has 7 nitrogen and oxygen atoms in total. The highest BCUT2D eigenvalue weighted by atomic mass is 32.2. The van der Waals surface area contributed by atoms with E-state index in [0.717, 1.165) is 24.8 Å². The van der Waals surface area contributed by atoms with Crippen LogP contribution in [-0.2, 0) is 22.9 Å². The summed E-state index contributed by atoms with van der Waals surface area (Å²) in [4.78, 5) is 14.6. The Morgan fingerprint density at radius 1 is 1.07 bits per heavy atom. The smallest absolute Gasteiger partial charge is 0.266 e. The molecule has 1 aliphatic carbocycles. The van der Waals surface area contributed by atoms with E-state index < -0.39 is 15.9 Å². The number of carbonyl (C=O) groups excluding carboxylic acids is 1. The molecule has 0 aromatic heterocycles. The number of benzene rings is 2. The molecule has 0 aliphatic heterocycles. The van der Waals surface area contributed by atoms with Gasteiger partial charge in [-0.2, -0.15) is 0 Å². The van der Waals surface area contributed by atoms with Crippen LogP contribution >= 0.6 is 0 Å².